The summed E-state index contributed by atoms with van der Waals surface area (Å²) in [6, 6.07) is -1.35. The van der Waals surface area contributed by atoms with Crippen molar-refractivity contribution >= 4 is 24.1 Å². The Morgan fingerprint density at radius 2 is 1.02 bits per heavy atom. The Hall–Kier alpha value is -3.89. The zero-order chi connectivity index (χ0) is 41.5. The van der Waals surface area contributed by atoms with Gasteiger partial charge in [0.05, 0.1) is 12.1 Å². The monoisotopic (exact) mass is 779 g/mol. The third-order valence-corrected chi connectivity index (χ3v) is 12.9. The Bertz CT molecular complexity index is 1870. The number of carbonyl (C=O) groups excluding carboxylic acids is 4. The third kappa shape index (κ3) is 10.2. The number of isocyanates is 2. The lowest BCUT2D eigenvalue weighted by Gasteiger charge is -2.47. The minimum atomic E-state index is -0.686. The van der Waals surface area contributed by atoms with Crippen molar-refractivity contribution in [2.75, 3.05) is 6.54 Å². The van der Waals surface area contributed by atoms with E-state index in [2.05, 4.69) is 56.8 Å². The zero-order valence-corrected chi connectivity index (χ0v) is 35.3. The lowest BCUT2D eigenvalue weighted by molar-refractivity contribution is -0.127. The highest BCUT2D eigenvalue weighted by Gasteiger charge is 2.46. The fraction of sp³-hybridized carbons (Fsp3) is 0.833. The van der Waals surface area contributed by atoms with Crippen molar-refractivity contribution in [2.45, 2.75) is 184 Å². The van der Waals surface area contributed by atoms with Crippen molar-refractivity contribution in [3.8, 4) is 0 Å². The number of carbonyl (C=O) groups is 2. The number of imide groups is 1. The van der Waals surface area contributed by atoms with E-state index in [-0.39, 0.29) is 59.9 Å². The maximum atomic E-state index is 14.7. The molecular weight excluding hydrogens is 715 g/mol. The SMILES string of the molecule is CC1(C)CC(N=C=O)CC(C)(Cn2c(=O)n(CC3(C)CC(N=C=O)CC(C)(C)C3)c(=O)n(CC3(C)CC(NC(=O)N4CCCCCC4=O)CC(C)(C)C3)c2=O)C1. The van der Waals surface area contributed by atoms with E-state index >= 15 is 0 Å². The van der Waals surface area contributed by atoms with Gasteiger partial charge in [-0.05, 0) is 103 Å². The summed E-state index contributed by atoms with van der Waals surface area (Å²) in [5.74, 6) is -0.175. The molecule has 5 rings (SSSR count). The highest BCUT2D eigenvalue weighted by Crippen LogP contribution is 2.50. The maximum absolute atomic E-state index is 14.7. The first kappa shape index (κ1) is 43.2. The molecule has 1 aromatic heterocycles. The number of likely N-dealkylation sites (tertiary alicyclic amines) is 1. The molecule has 1 saturated heterocycles. The van der Waals surface area contributed by atoms with Crippen LogP contribution < -0.4 is 22.4 Å². The van der Waals surface area contributed by atoms with Crippen LogP contribution in [-0.2, 0) is 34.0 Å². The standard InChI is InChI=1S/C42H65N7O7/c1-37(2)15-29(43-27-50)18-40(7,21-37)24-47-34(54)48(25-41(8)19-30(44-28-51)16-38(3,4)22-41)36(56)49(35(47)55)26-42(9)20-31(17-39(5,6)23-42)45-33(53)46-14-12-10-11-13-32(46)52/h29-31H,10-26H2,1-9H3,(H,45,53). The van der Waals surface area contributed by atoms with E-state index in [0.717, 1.165) is 19.3 Å². The van der Waals surface area contributed by atoms with Crippen LogP contribution in [0.2, 0.25) is 0 Å². The molecule has 14 heteroatoms. The van der Waals surface area contributed by atoms with Crippen molar-refractivity contribution in [1.29, 1.82) is 0 Å². The van der Waals surface area contributed by atoms with Crippen LogP contribution in [0.3, 0.4) is 0 Å². The number of hydrogen-bond donors (Lipinski definition) is 1. The van der Waals surface area contributed by atoms with Gasteiger partial charge >= 0.3 is 23.1 Å². The number of amides is 3. The predicted octanol–water partition coefficient (Wildman–Crippen LogP) is 5.71. The van der Waals surface area contributed by atoms with Crippen LogP contribution in [0.5, 0.6) is 0 Å². The largest absolute Gasteiger partial charge is 0.336 e. The Morgan fingerprint density at radius 1 is 0.607 bits per heavy atom. The van der Waals surface area contributed by atoms with Gasteiger partial charge in [0.2, 0.25) is 18.1 Å². The molecule has 0 bridgehead atoms. The first-order chi connectivity index (χ1) is 25.9. The molecule has 3 saturated carbocycles. The van der Waals surface area contributed by atoms with E-state index in [1.54, 1.807) is 12.2 Å². The van der Waals surface area contributed by atoms with Gasteiger partial charge in [0.15, 0.2) is 0 Å². The van der Waals surface area contributed by atoms with Gasteiger partial charge in [0, 0.05) is 38.6 Å². The molecule has 56 heavy (non-hydrogen) atoms. The summed E-state index contributed by atoms with van der Waals surface area (Å²) < 4.78 is 3.64. The van der Waals surface area contributed by atoms with Gasteiger partial charge in [-0.3, -0.25) is 9.69 Å². The van der Waals surface area contributed by atoms with Gasteiger partial charge in [-0.15, -0.1) is 0 Å². The minimum Gasteiger partial charge on any atom is -0.335 e. The Labute approximate surface area is 330 Å². The van der Waals surface area contributed by atoms with E-state index in [9.17, 15) is 33.6 Å². The molecule has 3 aliphatic carbocycles. The average molecular weight is 780 g/mol. The number of aromatic nitrogens is 3. The van der Waals surface area contributed by atoms with Crippen LogP contribution in [0.1, 0.15) is 146 Å². The van der Waals surface area contributed by atoms with Crippen LogP contribution in [0.4, 0.5) is 4.79 Å². The normalized spacial score (nSPS) is 32.7. The lowest BCUT2D eigenvalue weighted by Crippen LogP contribution is -2.59. The summed E-state index contributed by atoms with van der Waals surface area (Å²) in [4.78, 5) is 103. The molecule has 6 atom stereocenters. The van der Waals surface area contributed by atoms with Crippen molar-refractivity contribution < 1.29 is 19.2 Å². The summed E-state index contributed by atoms with van der Waals surface area (Å²) in [6.45, 7) is 19.1. The lowest BCUT2D eigenvalue weighted by atomic mass is 9.62. The summed E-state index contributed by atoms with van der Waals surface area (Å²) in [6.07, 6.45) is 11.6. The van der Waals surface area contributed by atoms with Gasteiger partial charge < -0.3 is 5.32 Å². The van der Waals surface area contributed by atoms with Crippen molar-refractivity contribution in [3.63, 3.8) is 0 Å². The smallest absolute Gasteiger partial charge is 0.335 e. The molecule has 4 aliphatic rings. The van der Waals surface area contributed by atoms with E-state index in [1.165, 1.54) is 18.6 Å². The topological polar surface area (TPSA) is 174 Å². The number of nitrogens with zero attached hydrogens (tertiary/aromatic N) is 6. The number of nitrogens with one attached hydrogen (secondary N) is 1. The second kappa shape index (κ2) is 15.8. The summed E-state index contributed by atoms with van der Waals surface area (Å²) >= 11 is 0. The fourth-order valence-electron chi connectivity index (χ4n) is 12.3. The van der Waals surface area contributed by atoms with Gasteiger partial charge in [-0.25, -0.2) is 52.5 Å². The Morgan fingerprint density at radius 3 is 1.45 bits per heavy atom. The molecule has 4 fully saturated rings. The Balaban J connectivity index is 1.57. The van der Waals surface area contributed by atoms with E-state index in [0.29, 0.717) is 70.8 Å². The van der Waals surface area contributed by atoms with Gasteiger partial charge in [-0.1, -0.05) is 68.7 Å². The predicted molar refractivity (Wildman–Crippen MR) is 213 cm³/mol. The van der Waals surface area contributed by atoms with Crippen LogP contribution in [0, 0.1) is 32.5 Å². The molecule has 0 radical (unpaired) electrons. The quantitative estimate of drug-likeness (QED) is 0.247. The van der Waals surface area contributed by atoms with Crippen molar-refractivity contribution in [3.05, 3.63) is 31.5 Å². The molecule has 0 spiro atoms. The number of urea groups is 1. The zero-order valence-electron chi connectivity index (χ0n) is 35.3. The van der Waals surface area contributed by atoms with Crippen LogP contribution in [0.25, 0.3) is 0 Å². The minimum absolute atomic E-state index is 0.0178. The van der Waals surface area contributed by atoms with E-state index < -0.39 is 39.3 Å². The highest BCUT2D eigenvalue weighted by atomic mass is 16.2. The highest BCUT2D eigenvalue weighted by molar-refractivity contribution is 5.94. The number of rotatable bonds is 9. The van der Waals surface area contributed by atoms with E-state index in [1.807, 2.05) is 20.8 Å². The van der Waals surface area contributed by atoms with Crippen LogP contribution >= 0.6 is 0 Å². The molecule has 2 heterocycles. The van der Waals surface area contributed by atoms with Gasteiger partial charge in [0.1, 0.15) is 0 Å². The summed E-state index contributed by atoms with van der Waals surface area (Å²) in [5, 5.41) is 3.13. The number of hydrogen-bond acceptors (Lipinski definition) is 9. The second-order valence-corrected chi connectivity index (χ2v) is 21.5. The molecule has 1 aromatic rings. The molecule has 1 aliphatic heterocycles. The Kier molecular flexibility index (Phi) is 12.2. The van der Waals surface area contributed by atoms with E-state index in [4.69, 9.17) is 0 Å². The average Bonchev–Trinajstić information content (AvgIpc) is 3.25. The molecule has 14 nitrogen and oxygen atoms in total. The first-order valence-corrected chi connectivity index (χ1v) is 20.6. The molecular formula is C42H65N7O7. The molecule has 310 valence electrons. The molecule has 6 unspecified atom stereocenters. The maximum Gasteiger partial charge on any atom is 0.336 e. The fourth-order valence-corrected chi connectivity index (χ4v) is 12.3. The number of aliphatic imine (C=N–C) groups is 2. The molecule has 1 N–H and O–H groups in total. The first-order valence-electron chi connectivity index (χ1n) is 20.6. The van der Waals surface area contributed by atoms with Crippen molar-refractivity contribution in [1.82, 2.24) is 23.9 Å². The molecule has 3 amide bonds. The summed E-state index contributed by atoms with van der Waals surface area (Å²) in [7, 11) is 0. The van der Waals surface area contributed by atoms with Gasteiger partial charge in [0.25, 0.3) is 0 Å². The van der Waals surface area contributed by atoms with Crippen molar-refractivity contribution in [2.24, 2.45) is 42.5 Å². The van der Waals surface area contributed by atoms with Crippen LogP contribution in [-0.4, -0.2) is 67.4 Å². The second-order valence-electron chi connectivity index (χ2n) is 21.5. The van der Waals surface area contributed by atoms with Crippen LogP contribution in [0.15, 0.2) is 24.4 Å². The van der Waals surface area contributed by atoms with Gasteiger partial charge in [-0.2, -0.15) is 0 Å². The third-order valence-electron chi connectivity index (χ3n) is 12.9. The summed E-state index contributed by atoms with van der Waals surface area (Å²) in [5.41, 5.74) is -4.66. The molecule has 0 aromatic carbocycles.